The van der Waals surface area contributed by atoms with Crippen molar-refractivity contribution in [3.8, 4) is 0 Å². The molecule has 2 aromatic rings. The molecule has 0 aliphatic carbocycles. The Morgan fingerprint density at radius 3 is 2.80 bits per heavy atom. The highest BCUT2D eigenvalue weighted by atomic mass is 16.5. The number of nitrogens with zero attached hydrogens (tertiary/aromatic N) is 1. The monoisotopic (exact) mass is 274 g/mol. The lowest BCUT2D eigenvalue weighted by atomic mass is 10.1. The highest BCUT2D eigenvalue weighted by molar-refractivity contribution is 5.83. The predicted octanol–water partition coefficient (Wildman–Crippen LogP) is 3.22. The number of para-hydroxylation sites is 1. The van der Waals surface area contributed by atoms with Gasteiger partial charge in [0.1, 0.15) is 0 Å². The summed E-state index contributed by atoms with van der Waals surface area (Å²) in [6, 6.07) is 8.73. The Bertz CT molecular complexity index is 519. The first kappa shape index (κ1) is 15.1. The standard InChI is InChI=1S/C17H26N2O/c1-18-11-6-5-8-15-14-19(12-7-13-20-2)17-10-4-3-9-16(15)17/h3-4,9-10,14,18H,5-8,11-13H2,1-2H3. The van der Waals surface area contributed by atoms with Crippen LogP contribution < -0.4 is 5.32 Å². The Balaban J connectivity index is 2.09. The molecular formula is C17H26N2O. The van der Waals surface area contributed by atoms with Crippen LogP contribution in [-0.4, -0.2) is 31.9 Å². The van der Waals surface area contributed by atoms with Gasteiger partial charge in [-0.15, -0.1) is 0 Å². The molecule has 110 valence electrons. The molecule has 3 nitrogen and oxygen atoms in total. The maximum atomic E-state index is 5.15. The second kappa shape index (κ2) is 8.08. The van der Waals surface area contributed by atoms with E-state index in [1.807, 2.05) is 7.05 Å². The third kappa shape index (κ3) is 3.84. The summed E-state index contributed by atoms with van der Waals surface area (Å²) in [5.74, 6) is 0. The largest absolute Gasteiger partial charge is 0.385 e. The van der Waals surface area contributed by atoms with Gasteiger partial charge in [-0.1, -0.05) is 18.2 Å². The zero-order valence-electron chi connectivity index (χ0n) is 12.7. The number of ether oxygens (including phenoxy) is 1. The van der Waals surface area contributed by atoms with E-state index in [0.717, 1.165) is 26.1 Å². The lowest BCUT2D eigenvalue weighted by Gasteiger charge is -2.04. The van der Waals surface area contributed by atoms with Crippen molar-refractivity contribution in [3.63, 3.8) is 0 Å². The van der Waals surface area contributed by atoms with Crippen LogP contribution in [0.4, 0.5) is 0 Å². The number of hydrogen-bond acceptors (Lipinski definition) is 2. The minimum Gasteiger partial charge on any atom is -0.385 e. The first-order valence-corrected chi connectivity index (χ1v) is 7.57. The number of benzene rings is 1. The molecule has 1 aromatic carbocycles. The van der Waals surface area contributed by atoms with Gasteiger partial charge in [0.15, 0.2) is 0 Å². The molecule has 1 N–H and O–H groups in total. The van der Waals surface area contributed by atoms with E-state index in [-0.39, 0.29) is 0 Å². The number of aromatic nitrogens is 1. The maximum Gasteiger partial charge on any atom is 0.0483 e. The minimum absolute atomic E-state index is 0.823. The Kier molecular flexibility index (Phi) is 6.09. The van der Waals surface area contributed by atoms with E-state index in [1.165, 1.54) is 35.7 Å². The molecule has 20 heavy (non-hydrogen) atoms. The highest BCUT2D eigenvalue weighted by Gasteiger charge is 2.07. The molecule has 0 saturated carbocycles. The fraction of sp³-hybridized carbons (Fsp3) is 0.529. The molecule has 0 aliphatic heterocycles. The first-order chi connectivity index (χ1) is 9.86. The Hall–Kier alpha value is -1.32. The molecule has 3 heteroatoms. The van der Waals surface area contributed by atoms with Gasteiger partial charge in [0.2, 0.25) is 0 Å². The summed E-state index contributed by atoms with van der Waals surface area (Å²) in [7, 11) is 3.78. The van der Waals surface area contributed by atoms with Gasteiger partial charge in [0, 0.05) is 37.4 Å². The molecule has 0 radical (unpaired) electrons. The Labute approximate surface area is 121 Å². The number of aryl methyl sites for hydroxylation is 2. The molecule has 0 fully saturated rings. The van der Waals surface area contributed by atoms with Crippen molar-refractivity contribution in [2.45, 2.75) is 32.2 Å². The second-order valence-electron chi connectivity index (χ2n) is 5.27. The fourth-order valence-corrected chi connectivity index (χ4v) is 2.70. The Morgan fingerprint density at radius 2 is 2.00 bits per heavy atom. The van der Waals surface area contributed by atoms with Gasteiger partial charge in [0.05, 0.1) is 0 Å². The lowest BCUT2D eigenvalue weighted by molar-refractivity contribution is 0.190. The van der Waals surface area contributed by atoms with Crippen LogP contribution in [-0.2, 0) is 17.7 Å². The zero-order valence-corrected chi connectivity index (χ0v) is 12.7. The van der Waals surface area contributed by atoms with E-state index in [2.05, 4.69) is 40.3 Å². The van der Waals surface area contributed by atoms with Crippen molar-refractivity contribution < 1.29 is 4.74 Å². The van der Waals surface area contributed by atoms with E-state index in [9.17, 15) is 0 Å². The van der Waals surface area contributed by atoms with Crippen LogP contribution in [0.2, 0.25) is 0 Å². The summed E-state index contributed by atoms with van der Waals surface area (Å²) >= 11 is 0. The average Bonchev–Trinajstić information content (AvgIpc) is 2.83. The third-order valence-corrected chi connectivity index (χ3v) is 3.74. The summed E-state index contributed by atoms with van der Waals surface area (Å²) < 4.78 is 7.53. The van der Waals surface area contributed by atoms with Crippen molar-refractivity contribution in [3.05, 3.63) is 36.0 Å². The minimum atomic E-state index is 0.823. The average molecular weight is 274 g/mol. The topological polar surface area (TPSA) is 26.2 Å². The normalized spacial score (nSPS) is 11.3. The summed E-state index contributed by atoms with van der Waals surface area (Å²) in [4.78, 5) is 0. The van der Waals surface area contributed by atoms with Crippen molar-refractivity contribution in [1.29, 1.82) is 0 Å². The molecule has 0 spiro atoms. The molecule has 1 aromatic heterocycles. The van der Waals surface area contributed by atoms with Gasteiger partial charge in [-0.3, -0.25) is 0 Å². The van der Waals surface area contributed by atoms with Crippen LogP contribution in [0.25, 0.3) is 10.9 Å². The third-order valence-electron chi connectivity index (χ3n) is 3.74. The van der Waals surface area contributed by atoms with E-state index in [0.29, 0.717) is 0 Å². The molecule has 0 atom stereocenters. The molecule has 0 aliphatic rings. The Morgan fingerprint density at radius 1 is 1.15 bits per heavy atom. The van der Waals surface area contributed by atoms with Gasteiger partial charge in [0.25, 0.3) is 0 Å². The number of hydrogen-bond donors (Lipinski definition) is 1. The maximum absolute atomic E-state index is 5.15. The molecular weight excluding hydrogens is 248 g/mol. The predicted molar refractivity (Wildman–Crippen MR) is 85.3 cm³/mol. The van der Waals surface area contributed by atoms with Crippen LogP contribution >= 0.6 is 0 Å². The summed E-state index contributed by atoms with van der Waals surface area (Å²) in [6.45, 7) is 2.96. The van der Waals surface area contributed by atoms with Gasteiger partial charge < -0.3 is 14.6 Å². The van der Waals surface area contributed by atoms with Crippen LogP contribution in [0.1, 0.15) is 24.8 Å². The van der Waals surface area contributed by atoms with Crippen LogP contribution in [0.15, 0.2) is 30.5 Å². The van der Waals surface area contributed by atoms with Crippen molar-refractivity contribution in [1.82, 2.24) is 9.88 Å². The van der Waals surface area contributed by atoms with Gasteiger partial charge >= 0.3 is 0 Å². The smallest absolute Gasteiger partial charge is 0.0483 e. The van der Waals surface area contributed by atoms with Crippen molar-refractivity contribution >= 4 is 10.9 Å². The molecule has 0 bridgehead atoms. The highest BCUT2D eigenvalue weighted by Crippen LogP contribution is 2.23. The first-order valence-electron chi connectivity index (χ1n) is 7.57. The van der Waals surface area contributed by atoms with Crippen molar-refractivity contribution in [2.24, 2.45) is 0 Å². The lowest BCUT2D eigenvalue weighted by Crippen LogP contribution is -2.07. The van der Waals surface area contributed by atoms with Crippen molar-refractivity contribution in [2.75, 3.05) is 27.3 Å². The van der Waals surface area contributed by atoms with E-state index >= 15 is 0 Å². The molecule has 2 rings (SSSR count). The molecule has 1 heterocycles. The van der Waals surface area contributed by atoms with E-state index < -0.39 is 0 Å². The van der Waals surface area contributed by atoms with Crippen LogP contribution in [0.5, 0.6) is 0 Å². The molecule has 0 unspecified atom stereocenters. The number of unbranched alkanes of at least 4 members (excludes halogenated alkanes) is 1. The van der Waals surface area contributed by atoms with Gasteiger partial charge in [-0.2, -0.15) is 0 Å². The zero-order chi connectivity index (χ0) is 14.2. The summed E-state index contributed by atoms with van der Waals surface area (Å²) in [5, 5.41) is 4.62. The number of methoxy groups -OCH3 is 1. The number of rotatable bonds is 9. The number of fused-ring (bicyclic) bond motifs is 1. The van der Waals surface area contributed by atoms with Gasteiger partial charge in [-0.05, 0) is 50.9 Å². The van der Waals surface area contributed by atoms with Crippen LogP contribution in [0, 0.1) is 0 Å². The SMILES string of the molecule is CNCCCCc1cn(CCCOC)c2ccccc12. The summed E-state index contributed by atoms with van der Waals surface area (Å²) in [5.41, 5.74) is 2.83. The van der Waals surface area contributed by atoms with E-state index in [1.54, 1.807) is 7.11 Å². The molecule has 0 saturated heterocycles. The van der Waals surface area contributed by atoms with E-state index in [4.69, 9.17) is 4.74 Å². The van der Waals surface area contributed by atoms with Gasteiger partial charge in [-0.25, -0.2) is 0 Å². The quantitative estimate of drug-likeness (QED) is 0.711. The van der Waals surface area contributed by atoms with Crippen LogP contribution in [0.3, 0.4) is 0 Å². The second-order valence-corrected chi connectivity index (χ2v) is 5.27. The number of nitrogens with one attached hydrogen (secondary N) is 1. The molecule has 0 amide bonds. The summed E-state index contributed by atoms with van der Waals surface area (Å²) in [6.07, 6.45) is 7.04. The fourth-order valence-electron chi connectivity index (χ4n) is 2.70.